The lowest BCUT2D eigenvalue weighted by Crippen LogP contribution is -2.35. The second kappa shape index (κ2) is 5.84. The summed E-state index contributed by atoms with van der Waals surface area (Å²) in [5, 5.41) is 0. The number of hydrogen-bond acceptors (Lipinski definition) is 4. The van der Waals surface area contributed by atoms with Crippen LogP contribution < -0.4 is 11.3 Å². The Labute approximate surface area is 107 Å². The third kappa shape index (κ3) is 3.00. The first kappa shape index (κ1) is 12.9. The molecule has 1 aliphatic carbocycles. The third-order valence-electron chi connectivity index (χ3n) is 3.08. The molecule has 3 N–H and O–H groups in total. The average Bonchev–Trinajstić information content (AvgIpc) is 3.24. The molecule has 0 unspecified atom stereocenters. The molecular formula is C13H19N3O2. The van der Waals surface area contributed by atoms with Crippen LogP contribution in [-0.4, -0.2) is 37.1 Å². The third-order valence-corrected chi connectivity index (χ3v) is 3.08. The van der Waals surface area contributed by atoms with E-state index in [-0.39, 0.29) is 5.91 Å². The number of nitrogens with zero attached hydrogens (tertiary/aromatic N) is 1. The first-order valence-corrected chi connectivity index (χ1v) is 6.13. The van der Waals surface area contributed by atoms with Crippen molar-refractivity contribution in [1.82, 2.24) is 4.90 Å². The van der Waals surface area contributed by atoms with Crippen molar-refractivity contribution >= 4 is 11.6 Å². The summed E-state index contributed by atoms with van der Waals surface area (Å²) in [5.74, 6) is 5.37. The summed E-state index contributed by atoms with van der Waals surface area (Å²) >= 11 is 0. The van der Waals surface area contributed by atoms with Crippen LogP contribution in [0.25, 0.3) is 0 Å². The molecule has 1 fully saturated rings. The number of carbonyl (C=O) groups is 1. The zero-order chi connectivity index (χ0) is 13.0. The van der Waals surface area contributed by atoms with Crippen molar-refractivity contribution in [2.45, 2.75) is 18.9 Å². The molecule has 5 heteroatoms. The summed E-state index contributed by atoms with van der Waals surface area (Å²) in [6, 6.07) is 7.57. The maximum atomic E-state index is 12.4. The highest BCUT2D eigenvalue weighted by Gasteiger charge is 2.32. The van der Waals surface area contributed by atoms with Gasteiger partial charge in [0.1, 0.15) is 0 Å². The Bertz CT molecular complexity index is 401. The van der Waals surface area contributed by atoms with E-state index in [1.54, 1.807) is 31.4 Å². The van der Waals surface area contributed by atoms with E-state index < -0.39 is 0 Å². The number of benzene rings is 1. The van der Waals surface area contributed by atoms with Crippen LogP contribution >= 0.6 is 0 Å². The van der Waals surface area contributed by atoms with Crippen LogP contribution in [0.4, 0.5) is 5.69 Å². The van der Waals surface area contributed by atoms with Gasteiger partial charge in [-0.15, -0.1) is 0 Å². The summed E-state index contributed by atoms with van der Waals surface area (Å²) in [7, 11) is 1.65. The molecule has 1 aliphatic rings. The molecule has 0 aromatic heterocycles. The number of methoxy groups -OCH3 is 1. The molecule has 2 rings (SSSR count). The van der Waals surface area contributed by atoms with Gasteiger partial charge in [0.2, 0.25) is 0 Å². The van der Waals surface area contributed by atoms with E-state index in [9.17, 15) is 4.79 Å². The fourth-order valence-corrected chi connectivity index (χ4v) is 1.90. The van der Waals surface area contributed by atoms with Gasteiger partial charge in [-0.05, 0) is 37.1 Å². The lowest BCUT2D eigenvalue weighted by Gasteiger charge is -2.22. The fraction of sp³-hybridized carbons (Fsp3) is 0.462. The smallest absolute Gasteiger partial charge is 0.254 e. The van der Waals surface area contributed by atoms with E-state index in [0.29, 0.717) is 24.8 Å². The number of hydrogen-bond donors (Lipinski definition) is 2. The van der Waals surface area contributed by atoms with Crippen LogP contribution in [-0.2, 0) is 4.74 Å². The lowest BCUT2D eigenvalue weighted by atomic mass is 10.2. The Morgan fingerprint density at radius 2 is 2.11 bits per heavy atom. The van der Waals surface area contributed by atoms with E-state index in [2.05, 4.69) is 5.43 Å². The molecular weight excluding hydrogens is 230 g/mol. The number of nitrogens with two attached hydrogens (primary N) is 1. The highest BCUT2D eigenvalue weighted by molar-refractivity contribution is 5.95. The second-order valence-electron chi connectivity index (χ2n) is 4.44. The highest BCUT2D eigenvalue weighted by Crippen LogP contribution is 2.28. The second-order valence-corrected chi connectivity index (χ2v) is 4.44. The normalized spacial score (nSPS) is 14.3. The molecule has 1 saturated carbocycles. The van der Waals surface area contributed by atoms with Crippen molar-refractivity contribution in [3.05, 3.63) is 29.8 Å². The maximum Gasteiger partial charge on any atom is 0.254 e. The predicted octanol–water partition coefficient (Wildman–Crippen LogP) is 1.22. The Morgan fingerprint density at radius 3 is 2.61 bits per heavy atom. The Morgan fingerprint density at radius 1 is 1.44 bits per heavy atom. The van der Waals surface area contributed by atoms with Crippen molar-refractivity contribution in [2.75, 3.05) is 25.7 Å². The molecule has 0 saturated heterocycles. The minimum Gasteiger partial charge on any atom is -0.383 e. The van der Waals surface area contributed by atoms with Crippen molar-refractivity contribution in [3.63, 3.8) is 0 Å². The van der Waals surface area contributed by atoms with Crippen LogP contribution in [0.1, 0.15) is 23.2 Å². The van der Waals surface area contributed by atoms with Crippen LogP contribution in [0.5, 0.6) is 0 Å². The number of carbonyl (C=O) groups excluding carboxylic acids is 1. The van der Waals surface area contributed by atoms with Crippen molar-refractivity contribution in [2.24, 2.45) is 5.84 Å². The summed E-state index contributed by atoms with van der Waals surface area (Å²) < 4.78 is 5.05. The number of nitrogen functional groups attached to an aromatic ring is 1. The minimum absolute atomic E-state index is 0.0677. The summed E-state index contributed by atoms with van der Waals surface area (Å²) in [5.41, 5.74) is 4.03. The van der Waals surface area contributed by atoms with Gasteiger partial charge in [-0.1, -0.05) is 0 Å². The Kier molecular flexibility index (Phi) is 4.17. The summed E-state index contributed by atoms with van der Waals surface area (Å²) in [6.07, 6.45) is 2.19. The van der Waals surface area contributed by atoms with E-state index in [0.717, 1.165) is 18.5 Å². The van der Waals surface area contributed by atoms with Gasteiger partial charge in [-0.2, -0.15) is 0 Å². The molecule has 1 aromatic rings. The first-order chi connectivity index (χ1) is 8.76. The van der Waals surface area contributed by atoms with Gasteiger partial charge in [0, 0.05) is 30.9 Å². The minimum atomic E-state index is 0.0677. The Hall–Kier alpha value is -1.59. The van der Waals surface area contributed by atoms with E-state index in [1.165, 1.54) is 0 Å². The molecule has 0 bridgehead atoms. The zero-order valence-electron chi connectivity index (χ0n) is 10.6. The molecule has 0 spiro atoms. The molecule has 0 aliphatic heterocycles. The molecule has 1 amide bonds. The average molecular weight is 249 g/mol. The predicted molar refractivity (Wildman–Crippen MR) is 70.2 cm³/mol. The van der Waals surface area contributed by atoms with Crippen LogP contribution in [0, 0.1) is 0 Å². The van der Waals surface area contributed by atoms with E-state index in [1.807, 2.05) is 4.90 Å². The number of nitrogens with one attached hydrogen (secondary N) is 1. The summed E-state index contributed by atoms with van der Waals surface area (Å²) in [6.45, 7) is 1.22. The van der Waals surface area contributed by atoms with Crippen molar-refractivity contribution < 1.29 is 9.53 Å². The summed E-state index contributed by atoms with van der Waals surface area (Å²) in [4.78, 5) is 14.2. The number of hydrazine groups is 1. The van der Waals surface area contributed by atoms with Crippen LogP contribution in [0.2, 0.25) is 0 Å². The van der Waals surface area contributed by atoms with Crippen LogP contribution in [0.15, 0.2) is 24.3 Å². The van der Waals surface area contributed by atoms with Gasteiger partial charge in [0.15, 0.2) is 0 Å². The topological polar surface area (TPSA) is 67.6 Å². The van der Waals surface area contributed by atoms with Crippen molar-refractivity contribution in [1.29, 1.82) is 0 Å². The van der Waals surface area contributed by atoms with Gasteiger partial charge in [-0.25, -0.2) is 0 Å². The van der Waals surface area contributed by atoms with Crippen LogP contribution in [0.3, 0.4) is 0 Å². The molecule has 1 aromatic carbocycles. The first-order valence-electron chi connectivity index (χ1n) is 6.13. The SMILES string of the molecule is COCCN(C(=O)c1ccc(NN)cc1)C1CC1. The molecule has 5 nitrogen and oxygen atoms in total. The fourth-order valence-electron chi connectivity index (χ4n) is 1.90. The molecule has 98 valence electrons. The molecule has 0 atom stereocenters. The zero-order valence-corrected chi connectivity index (χ0v) is 10.6. The number of ether oxygens (including phenoxy) is 1. The van der Waals surface area contributed by atoms with Gasteiger partial charge in [-0.3, -0.25) is 10.6 Å². The largest absolute Gasteiger partial charge is 0.383 e. The van der Waals surface area contributed by atoms with Gasteiger partial charge in [0.25, 0.3) is 5.91 Å². The van der Waals surface area contributed by atoms with Crippen molar-refractivity contribution in [3.8, 4) is 0 Å². The van der Waals surface area contributed by atoms with E-state index in [4.69, 9.17) is 10.6 Å². The maximum absolute atomic E-state index is 12.4. The van der Waals surface area contributed by atoms with E-state index >= 15 is 0 Å². The molecule has 0 heterocycles. The number of anilines is 1. The molecule has 18 heavy (non-hydrogen) atoms. The van der Waals surface area contributed by atoms with Gasteiger partial charge < -0.3 is 15.1 Å². The van der Waals surface area contributed by atoms with Gasteiger partial charge in [0.05, 0.1) is 6.61 Å². The lowest BCUT2D eigenvalue weighted by molar-refractivity contribution is 0.0680. The Balaban J connectivity index is 2.06. The highest BCUT2D eigenvalue weighted by atomic mass is 16.5. The van der Waals surface area contributed by atoms with Gasteiger partial charge >= 0.3 is 0 Å². The standard InChI is InChI=1S/C13H19N3O2/c1-18-9-8-16(12-6-7-12)13(17)10-2-4-11(15-14)5-3-10/h2-5,12,15H,6-9,14H2,1H3. The monoisotopic (exact) mass is 249 g/mol. The quantitative estimate of drug-likeness (QED) is 0.587. The number of amides is 1. The molecule has 0 radical (unpaired) electrons. The number of rotatable bonds is 6.